The van der Waals surface area contributed by atoms with Crippen LogP contribution in [0.15, 0.2) is 59.4 Å². The summed E-state index contributed by atoms with van der Waals surface area (Å²) in [5.74, 6) is 0. The molecule has 94 valence electrons. The van der Waals surface area contributed by atoms with Gasteiger partial charge in [0.2, 0.25) is 5.56 Å². The summed E-state index contributed by atoms with van der Waals surface area (Å²) in [6, 6.07) is 17.2. The summed E-state index contributed by atoms with van der Waals surface area (Å²) in [5.41, 5.74) is 2.91. The molecule has 0 radical (unpaired) electrons. The molecule has 0 aliphatic rings. The van der Waals surface area contributed by atoms with Crippen LogP contribution in [0, 0.1) is 0 Å². The van der Waals surface area contributed by atoms with Crippen molar-refractivity contribution >= 4 is 22.5 Å². The third-order valence-corrected chi connectivity index (χ3v) is 3.36. The summed E-state index contributed by atoms with van der Waals surface area (Å²) < 4.78 is 0. The summed E-state index contributed by atoms with van der Waals surface area (Å²) in [5, 5.41) is 1.67. The van der Waals surface area contributed by atoms with E-state index in [0.29, 0.717) is 5.02 Å². The second-order valence-electron chi connectivity index (χ2n) is 4.51. The van der Waals surface area contributed by atoms with Gasteiger partial charge in [0.15, 0.2) is 0 Å². The number of hydrogen-bond donors (Lipinski definition) is 1. The maximum Gasteiger partial charge on any atom is 0.248 e. The SMILES string of the molecule is O=c1cc(Cc2ccccc2)c2cc(Cl)ccc2[nH]1. The fraction of sp³-hybridized carbons (Fsp3) is 0.0625. The number of aromatic nitrogens is 1. The minimum Gasteiger partial charge on any atom is -0.322 e. The zero-order chi connectivity index (χ0) is 13.2. The van der Waals surface area contributed by atoms with Gasteiger partial charge in [0.1, 0.15) is 0 Å². The largest absolute Gasteiger partial charge is 0.322 e. The molecule has 0 unspecified atom stereocenters. The molecule has 0 amide bonds. The zero-order valence-electron chi connectivity index (χ0n) is 10.2. The molecule has 3 aromatic rings. The number of nitrogens with one attached hydrogen (secondary N) is 1. The van der Waals surface area contributed by atoms with Gasteiger partial charge in [-0.1, -0.05) is 41.9 Å². The summed E-state index contributed by atoms with van der Waals surface area (Å²) in [4.78, 5) is 14.5. The van der Waals surface area contributed by atoms with Crippen LogP contribution in [0.1, 0.15) is 11.1 Å². The smallest absolute Gasteiger partial charge is 0.248 e. The minimum atomic E-state index is -0.0826. The first-order valence-corrected chi connectivity index (χ1v) is 6.45. The second kappa shape index (κ2) is 4.90. The lowest BCUT2D eigenvalue weighted by Gasteiger charge is -2.07. The molecule has 1 heterocycles. The van der Waals surface area contributed by atoms with E-state index in [1.54, 1.807) is 12.1 Å². The van der Waals surface area contributed by atoms with E-state index in [9.17, 15) is 4.79 Å². The number of halogens is 1. The van der Waals surface area contributed by atoms with Crippen molar-refractivity contribution < 1.29 is 0 Å². The van der Waals surface area contributed by atoms with Crippen LogP contribution in [0.25, 0.3) is 10.9 Å². The van der Waals surface area contributed by atoms with Gasteiger partial charge in [-0.25, -0.2) is 0 Å². The molecule has 0 atom stereocenters. The molecule has 0 aliphatic heterocycles. The van der Waals surface area contributed by atoms with E-state index in [1.807, 2.05) is 30.3 Å². The Morgan fingerprint density at radius 2 is 1.79 bits per heavy atom. The second-order valence-corrected chi connectivity index (χ2v) is 4.95. The van der Waals surface area contributed by atoms with Gasteiger partial charge in [-0.05, 0) is 35.7 Å². The van der Waals surface area contributed by atoms with E-state index in [-0.39, 0.29) is 5.56 Å². The van der Waals surface area contributed by atoms with Crippen LogP contribution in [0.2, 0.25) is 5.02 Å². The lowest BCUT2D eigenvalue weighted by atomic mass is 10.0. The molecule has 1 aromatic heterocycles. The Labute approximate surface area is 115 Å². The highest BCUT2D eigenvalue weighted by molar-refractivity contribution is 6.31. The predicted octanol–water partition coefficient (Wildman–Crippen LogP) is 3.77. The van der Waals surface area contributed by atoms with Crippen molar-refractivity contribution in [2.45, 2.75) is 6.42 Å². The quantitative estimate of drug-likeness (QED) is 0.755. The highest BCUT2D eigenvalue weighted by Crippen LogP contribution is 2.22. The van der Waals surface area contributed by atoms with Crippen LogP contribution in [-0.2, 0) is 6.42 Å². The van der Waals surface area contributed by atoms with Crippen LogP contribution in [0.3, 0.4) is 0 Å². The third-order valence-electron chi connectivity index (χ3n) is 3.13. The van der Waals surface area contributed by atoms with Gasteiger partial charge in [0.25, 0.3) is 0 Å². The predicted molar refractivity (Wildman–Crippen MR) is 78.8 cm³/mol. The Hall–Kier alpha value is -2.06. The molecule has 0 aliphatic carbocycles. The first kappa shape index (κ1) is 12.0. The van der Waals surface area contributed by atoms with Gasteiger partial charge >= 0.3 is 0 Å². The number of benzene rings is 2. The van der Waals surface area contributed by atoms with Gasteiger partial charge in [-0.2, -0.15) is 0 Å². The summed E-state index contributed by atoms with van der Waals surface area (Å²) in [6.07, 6.45) is 0.724. The van der Waals surface area contributed by atoms with Crippen molar-refractivity contribution in [2.75, 3.05) is 0 Å². The molecule has 2 aromatic carbocycles. The van der Waals surface area contributed by atoms with E-state index < -0.39 is 0 Å². The van der Waals surface area contributed by atoms with E-state index in [1.165, 1.54) is 5.56 Å². The van der Waals surface area contributed by atoms with Crippen LogP contribution < -0.4 is 5.56 Å². The molecule has 19 heavy (non-hydrogen) atoms. The summed E-state index contributed by atoms with van der Waals surface area (Å²) in [6.45, 7) is 0. The fourth-order valence-electron chi connectivity index (χ4n) is 2.26. The Morgan fingerprint density at radius 1 is 1.00 bits per heavy atom. The lowest BCUT2D eigenvalue weighted by Crippen LogP contribution is -2.07. The lowest BCUT2D eigenvalue weighted by molar-refractivity contribution is 1.17. The minimum absolute atomic E-state index is 0.0826. The van der Waals surface area contributed by atoms with Crippen LogP contribution in [0.4, 0.5) is 0 Å². The molecule has 0 fully saturated rings. The molecule has 2 nitrogen and oxygen atoms in total. The number of aromatic amines is 1. The topological polar surface area (TPSA) is 32.9 Å². The fourth-order valence-corrected chi connectivity index (χ4v) is 2.43. The first-order chi connectivity index (χ1) is 9.22. The van der Waals surface area contributed by atoms with Crippen molar-refractivity contribution in [3.63, 3.8) is 0 Å². The normalized spacial score (nSPS) is 10.8. The first-order valence-electron chi connectivity index (χ1n) is 6.08. The molecular formula is C16H12ClNO. The highest BCUT2D eigenvalue weighted by atomic mass is 35.5. The molecular weight excluding hydrogens is 258 g/mol. The zero-order valence-corrected chi connectivity index (χ0v) is 10.9. The Balaban J connectivity index is 2.17. The van der Waals surface area contributed by atoms with Gasteiger partial charge in [0, 0.05) is 22.0 Å². The summed E-state index contributed by atoms with van der Waals surface area (Å²) in [7, 11) is 0. The number of rotatable bonds is 2. The number of hydrogen-bond acceptors (Lipinski definition) is 1. The number of fused-ring (bicyclic) bond motifs is 1. The van der Waals surface area contributed by atoms with Gasteiger partial charge in [-0.3, -0.25) is 4.79 Å². The average Bonchev–Trinajstić information content (AvgIpc) is 2.41. The van der Waals surface area contributed by atoms with Crippen molar-refractivity contribution in [3.8, 4) is 0 Å². The third kappa shape index (κ3) is 2.54. The van der Waals surface area contributed by atoms with Crippen molar-refractivity contribution in [2.24, 2.45) is 0 Å². The van der Waals surface area contributed by atoms with E-state index in [4.69, 9.17) is 11.6 Å². The molecule has 1 N–H and O–H groups in total. The maximum absolute atomic E-state index is 11.7. The van der Waals surface area contributed by atoms with Crippen LogP contribution >= 0.6 is 11.6 Å². The molecule has 3 rings (SSSR count). The summed E-state index contributed by atoms with van der Waals surface area (Å²) >= 11 is 6.04. The molecule has 0 spiro atoms. The number of pyridine rings is 1. The average molecular weight is 270 g/mol. The number of H-pyrrole nitrogens is 1. The monoisotopic (exact) mass is 269 g/mol. The van der Waals surface area contributed by atoms with Crippen molar-refractivity contribution in [1.29, 1.82) is 0 Å². The highest BCUT2D eigenvalue weighted by Gasteiger charge is 2.05. The van der Waals surface area contributed by atoms with Gasteiger partial charge in [0.05, 0.1) is 0 Å². The maximum atomic E-state index is 11.7. The molecule has 0 bridgehead atoms. The Morgan fingerprint density at radius 3 is 2.58 bits per heavy atom. The Kier molecular flexibility index (Phi) is 3.10. The van der Waals surface area contributed by atoms with Crippen molar-refractivity contribution in [1.82, 2.24) is 4.98 Å². The van der Waals surface area contributed by atoms with E-state index >= 15 is 0 Å². The van der Waals surface area contributed by atoms with Crippen LogP contribution in [-0.4, -0.2) is 4.98 Å². The van der Waals surface area contributed by atoms with E-state index in [2.05, 4.69) is 17.1 Å². The van der Waals surface area contributed by atoms with Gasteiger partial charge in [-0.15, -0.1) is 0 Å². The Bertz CT molecular complexity index is 778. The van der Waals surface area contributed by atoms with Gasteiger partial charge < -0.3 is 4.98 Å². The standard InChI is InChI=1S/C16H12ClNO/c17-13-6-7-15-14(10-13)12(9-16(19)18-15)8-11-4-2-1-3-5-11/h1-7,9-10H,8H2,(H,18,19). The van der Waals surface area contributed by atoms with Crippen molar-refractivity contribution in [3.05, 3.63) is 81.1 Å². The van der Waals surface area contributed by atoms with Crippen LogP contribution in [0.5, 0.6) is 0 Å². The molecule has 0 saturated carbocycles. The molecule has 3 heteroatoms. The van der Waals surface area contributed by atoms with E-state index in [0.717, 1.165) is 22.9 Å². The molecule has 0 saturated heterocycles.